The standard InChI is InChI=1S/C22H23ClN6O4S/c1-13(2)19(25-21(31)16-6-4-5-7-17(16)23)20-26-27-22(28(20)3)34-12-18(30)24-14-8-10-15(11-9-14)29(32)33/h4-11,13,19H,12H2,1-3H3,(H,24,30)(H,25,31)/t19-/m0/s1. The zero-order chi connectivity index (χ0) is 24.8. The summed E-state index contributed by atoms with van der Waals surface area (Å²) in [6.07, 6.45) is 0. The predicted molar refractivity (Wildman–Crippen MR) is 130 cm³/mol. The predicted octanol–water partition coefficient (Wildman–Crippen LogP) is 4.23. The fourth-order valence-electron chi connectivity index (χ4n) is 3.11. The second-order valence-corrected chi connectivity index (χ2v) is 9.07. The number of hydrogen-bond donors (Lipinski definition) is 2. The van der Waals surface area contributed by atoms with E-state index in [1.54, 1.807) is 35.9 Å². The van der Waals surface area contributed by atoms with Crippen LogP contribution in [0.15, 0.2) is 53.7 Å². The van der Waals surface area contributed by atoms with E-state index >= 15 is 0 Å². The topological polar surface area (TPSA) is 132 Å². The first-order valence-corrected chi connectivity index (χ1v) is 11.7. The summed E-state index contributed by atoms with van der Waals surface area (Å²) < 4.78 is 1.74. The highest BCUT2D eigenvalue weighted by molar-refractivity contribution is 7.99. The van der Waals surface area contributed by atoms with Gasteiger partial charge in [0.1, 0.15) is 0 Å². The maximum atomic E-state index is 12.8. The van der Waals surface area contributed by atoms with Gasteiger partial charge in [-0.2, -0.15) is 0 Å². The lowest BCUT2D eigenvalue weighted by Crippen LogP contribution is -2.33. The van der Waals surface area contributed by atoms with Gasteiger partial charge in [-0.1, -0.05) is 49.3 Å². The minimum absolute atomic E-state index is 0.0117. The summed E-state index contributed by atoms with van der Waals surface area (Å²) >= 11 is 7.33. The van der Waals surface area contributed by atoms with E-state index in [9.17, 15) is 19.7 Å². The molecule has 3 rings (SSSR count). The van der Waals surface area contributed by atoms with Crippen molar-refractivity contribution in [1.82, 2.24) is 20.1 Å². The Morgan fingerprint density at radius 2 is 1.82 bits per heavy atom. The summed E-state index contributed by atoms with van der Waals surface area (Å²) in [4.78, 5) is 35.3. The smallest absolute Gasteiger partial charge is 0.269 e. The fourth-order valence-corrected chi connectivity index (χ4v) is 4.05. The molecule has 0 saturated carbocycles. The van der Waals surface area contributed by atoms with E-state index in [2.05, 4.69) is 20.8 Å². The molecular weight excluding hydrogens is 480 g/mol. The fraction of sp³-hybridized carbons (Fsp3) is 0.273. The summed E-state index contributed by atoms with van der Waals surface area (Å²) in [5.74, 6) is 0.00694. The monoisotopic (exact) mass is 502 g/mol. The van der Waals surface area contributed by atoms with Crippen LogP contribution >= 0.6 is 23.4 Å². The van der Waals surface area contributed by atoms with Gasteiger partial charge >= 0.3 is 0 Å². The highest BCUT2D eigenvalue weighted by Gasteiger charge is 2.26. The van der Waals surface area contributed by atoms with E-state index < -0.39 is 11.0 Å². The Labute approximate surface area is 205 Å². The number of carbonyl (C=O) groups excluding carboxylic acids is 2. The van der Waals surface area contributed by atoms with Gasteiger partial charge in [-0.25, -0.2) is 0 Å². The SMILES string of the molecule is CC(C)[C@H](NC(=O)c1ccccc1Cl)c1nnc(SCC(=O)Nc2ccc([N+](=O)[O-])cc2)n1C. The molecule has 3 aromatic rings. The normalized spacial score (nSPS) is 11.8. The van der Waals surface area contributed by atoms with Crippen molar-refractivity contribution in [2.45, 2.75) is 25.0 Å². The van der Waals surface area contributed by atoms with Crippen LogP contribution in [0.1, 0.15) is 36.1 Å². The van der Waals surface area contributed by atoms with E-state index in [0.717, 1.165) is 0 Å². The first-order valence-electron chi connectivity index (χ1n) is 10.3. The summed E-state index contributed by atoms with van der Waals surface area (Å²) in [6, 6.07) is 11.9. The maximum Gasteiger partial charge on any atom is 0.269 e. The van der Waals surface area contributed by atoms with Crippen molar-refractivity contribution in [3.8, 4) is 0 Å². The Morgan fingerprint density at radius 3 is 2.44 bits per heavy atom. The average Bonchev–Trinajstić information content (AvgIpc) is 3.16. The first kappa shape index (κ1) is 25.2. The molecule has 2 aromatic carbocycles. The largest absolute Gasteiger partial charge is 0.342 e. The van der Waals surface area contributed by atoms with Crippen molar-refractivity contribution in [2.24, 2.45) is 13.0 Å². The van der Waals surface area contributed by atoms with E-state index in [4.69, 9.17) is 11.6 Å². The Kier molecular flexibility index (Phi) is 8.24. The summed E-state index contributed by atoms with van der Waals surface area (Å²) in [5, 5.41) is 25.7. The number of carbonyl (C=O) groups is 2. The molecule has 12 heteroatoms. The molecule has 0 aliphatic heterocycles. The van der Waals surface area contributed by atoms with Crippen LogP contribution in [0.2, 0.25) is 5.02 Å². The molecular formula is C22H23ClN6O4S. The molecule has 0 aliphatic carbocycles. The van der Waals surface area contributed by atoms with Gasteiger partial charge < -0.3 is 15.2 Å². The van der Waals surface area contributed by atoms with Crippen molar-refractivity contribution in [3.63, 3.8) is 0 Å². The number of aromatic nitrogens is 3. The molecule has 0 spiro atoms. The minimum atomic E-state index is -0.506. The van der Waals surface area contributed by atoms with Gasteiger partial charge in [0, 0.05) is 24.9 Å². The van der Waals surface area contributed by atoms with Crippen LogP contribution in [0.25, 0.3) is 0 Å². The highest BCUT2D eigenvalue weighted by atomic mass is 35.5. The van der Waals surface area contributed by atoms with Gasteiger partial charge in [-0.3, -0.25) is 19.7 Å². The number of rotatable bonds is 9. The second kappa shape index (κ2) is 11.1. The Bertz CT molecular complexity index is 1200. The van der Waals surface area contributed by atoms with Crippen molar-refractivity contribution in [3.05, 3.63) is 75.1 Å². The third kappa shape index (κ3) is 6.12. The molecule has 1 atom stereocenters. The molecule has 2 N–H and O–H groups in total. The quantitative estimate of drug-likeness (QED) is 0.254. The van der Waals surface area contributed by atoms with Gasteiger partial charge in [0.15, 0.2) is 11.0 Å². The lowest BCUT2D eigenvalue weighted by atomic mass is 10.0. The molecule has 34 heavy (non-hydrogen) atoms. The number of anilines is 1. The molecule has 0 bridgehead atoms. The van der Waals surface area contributed by atoms with Crippen molar-refractivity contribution < 1.29 is 14.5 Å². The number of amides is 2. The summed E-state index contributed by atoms with van der Waals surface area (Å²) in [7, 11) is 1.77. The maximum absolute atomic E-state index is 12.8. The van der Waals surface area contributed by atoms with Crippen LogP contribution in [0, 0.1) is 16.0 Å². The van der Waals surface area contributed by atoms with Crippen LogP contribution in [0.3, 0.4) is 0 Å². The van der Waals surface area contributed by atoms with E-state index in [1.165, 1.54) is 36.0 Å². The number of thioether (sulfide) groups is 1. The van der Waals surface area contributed by atoms with Crippen molar-refractivity contribution >= 4 is 46.6 Å². The highest BCUT2D eigenvalue weighted by Crippen LogP contribution is 2.25. The Balaban J connectivity index is 1.65. The molecule has 1 aromatic heterocycles. The van der Waals surface area contributed by atoms with E-state index in [1.807, 2.05) is 13.8 Å². The van der Waals surface area contributed by atoms with E-state index in [-0.39, 0.29) is 29.2 Å². The minimum Gasteiger partial charge on any atom is -0.342 e. The van der Waals surface area contributed by atoms with Gasteiger partial charge in [-0.05, 0) is 30.2 Å². The number of halogens is 1. The van der Waals surface area contributed by atoms with Gasteiger partial charge in [0.05, 0.1) is 27.3 Å². The molecule has 1 heterocycles. The number of non-ortho nitro benzene ring substituents is 1. The third-order valence-electron chi connectivity index (χ3n) is 4.91. The molecule has 178 valence electrons. The lowest BCUT2D eigenvalue weighted by molar-refractivity contribution is -0.384. The molecule has 0 unspecified atom stereocenters. The van der Waals surface area contributed by atoms with Crippen LogP contribution < -0.4 is 10.6 Å². The zero-order valence-electron chi connectivity index (χ0n) is 18.7. The van der Waals surface area contributed by atoms with Crippen LogP contribution in [-0.2, 0) is 11.8 Å². The molecule has 2 amide bonds. The molecule has 0 aliphatic rings. The van der Waals surface area contributed by atoms with E-state index in [0.29, 0.717) is 27.3 Å². The number of benzene rings is 2. The lowest BCUT2D eigenvalue weighted by Gasteiger charge is -2.22. The van der Waals surface area contributed by atoms with Crippen LogP contribution in [-0.4, -0.2) is 37.3 Å². The van der Waals surface area contributed by atoms with Gasteiger partial charge in [-0.15, -0.1) is 10.2 Å². The van der Waals surface area contributed by atoms with Crippen molar-refractivity contribution in [2.75, 3.05) is 11.1 Å². The second-order valence-electron chi connectivity index (χ2n) is 7.72. The number of nitro groups is 1. The van der Waals surface area contributed by atoms with Gasteiger partial charge in [0.2, 0.25) is 5.91 Å². The first-order chi connectivity index (χ1) is 16.2. The molecule has 0 saturated heterocycles. The average molecular weight is 503 g/mol. The number of nitrogens with one attached hydrogen (secondary N) is 2. The molecule has 0 fully saturated rings. The summed E-state index contributed by atoms with van der Waals surface area (Å²) in [6.45, 7) is 3.91. The van der Waals surface area contributed by atoms with Crippen molar-refractivity contribution in [1.29, 1.82) is 0 Å². The number of nitro benzene ring substituents is 1. The molecule has 0 radical (unpaired) electrons. The molecule has 10 nitrogen and oxygen atoms in total. The zero-order valence-corrected chi connectivity index (χ0v) is 20.3. The summed E-state index contributed by atoms with van der Waals surface area (Å²) in [5.41, 5.74) is 0.770. The van der Waals surface area contributed by atoms with Crippen LogP contribution in [0.5, 0.6) is 0 Å². The van der Waals surface area contributed by atoms with Crippen LogP contribution in [0.4, 0.5) is 11.4 Å². The van der Waals surface area contributed by atoms with Gasteiger partial charge in [0.25, 0.3) is 11.6 Å². The third-order valence-corrected chi connectivity index (χ3v) is 6.26. The number of hydrogen-bond acceptors (Lipinski definition) is 7. The Morgan fingerprint density at radius 1 is 1.15 bits per heavy atom. The Hall–Kier alpha value is -3.44. The number of nitrogens with zero attached hydrogens (tertiary/aromatic N) is 4.